The Morgan fingerprint density at radius 2 is 1.58 bits per heavy atom. The van der Waals surface area contributed by atoms with Crippen LogP contribution < -0.4 is 14.8 Å². The van der Waals surface area contributed by atoms with Gasteiger partial charge in [0.15, 0.2) is 5.78 Å². The number of amides is 1. The molecular formula is C18H15NO5. The fraction of sp³-hybridized carbons (Fsp3) is 0.167. The van der Waals surface area contributed by atoms with Gasteiger partial charge < -0.3 is 14.8 Å². The van der Waals surface area contributed by atoms with E-state index < -0.39 is 0 Å². The van der Waals surface area contributed by atoms with Crippen LogP contribution >= 0.6 is 0 Å². The van der Waals surface area contributed by atoms with Crippen molar-refractivity contribution in [3.63, 3.8) is 0 Å². The van der Waals surface area contributed by atoms with Crippen LogP contribution in [0.4, 0.5) is 5.69 Å². The number of anilines is 1. The number of carbonyl (C=O) groups is 3. The second-order valence-electron chi connectivity index (χ2n) is 5.32. The van der Waals surface area contributed by atoms with Crippen LogP contribution in [0.5, 0.6) is 11.5 Å². The molecule has 0 spiro atoms. The van der Waals surface area contributed by atoms with E-state index in [1.165, 1.54) is 33.3 Å². The van der Waals surface area contributed by atoms with Crippen molar-refractivity contribution >= 4 is 23.2 Å². The number of nitrogens with one attached hydrogen (secondary N) is 1. The van der Waals surface area contributed by atoms with Gasteiger partial charge in [-0.3, -0.25) is 14.4 Å². The van der Waals surface area contributed by atoms with Gasteiger partial charge in [-0.05, 0) is 12.1 Å². The molecule has 0 bridgehead atoms. The molecule has 6 nitrogen and oxygen atoms in total. The van der Waals surface area contributed by atoms with E-state index in [0.717, 1.165) is 0 Å². The Balaban J connectivity index is 2.27. The Kier molecular flexibility index (Phi) is 3.81. The fourth-order valence-corrected chi connectivity index (χ4v) is 2.86. The highest BCUT2D eigenvalue weighted by Crippen LogP contribution is 2.38. The molecule has 2 aromatic carbocycles. The highest BCUT2D eigenvalue weighted by Gasteiger charge is 2.35. The van der Waals surface area contributed by atoms with Crippen molar-refractivity contribution in [1.82, 2.24) is 0 Å². The first-order valence-electron chi connectivity index (χ1n) is 7.24. The second-order valence-corrected chi connectivity index (χ2v) is 5.32. The summed E-state index contributed by atoms with van der Waals surface area (Å²) in [5.74, 6) is -0.378. The van der Waals surface area contributed by atoms with Crippen molar-refractivity contribution in [3.8, 4) is 11.5 Å². The lowest BCUT2D eigenvalue weighted by atomic mass is 9.82. The molecule has 0 aliphatic heterocycles. The largest absolute Gasteiger partial charge is 0.496 e. The highest BCUT2D eigenvalue weighted by atomic mass is 16.5. The van der Waals surface area contributed by atoms with Crippen molar-refractivity contribution in [1.29, 1.82) is 0 Å². The summed E-state index contributed by atoms with van der Waals surface area (Å²) in [4.78, 5) is 37.1. The van der Waals surface area contributed by atoms with Gasteiger partial charge in [0.2, 0.25) is 11.7 Å². The molecule has 0 aromatic heterocycles. The summed E-state index contributed by atoms with van der Waals surface area (Å²) in [5, 5.41) is 2.60. The van der Waals surface area contributed by atoms with Crippen LogP contribution in [-0.2, 0) is 4.79 Å². The van der Waals surface area contributed by atoms with E-state index in [2.05, 4.69) is 5.32 Å². The number of ether oxygens (including phenoxy) is 2. The van der Waals surface area contributed by atoms with Crippen molar-refractivity contribution in [2.24, 2.45) is 0 Å². The van der Waals surface area contributed by atoms with E-state index >= 15 is 0 Å². The van der Waals surface area contributed by atoms with E-state index in [1.54, 1.807) is 18.2 Å². The molecule has 0 heterocycles. The van der Waals surface area contributed by atoms with Crippen molar-refractivity contribution in [2.75, 3.05) is 19.5 Å². The molecule has 122 valence electrons. The number of methoxy groups -OCH3 is 2. The lowest BCUT2D eigenvalue weighted by Crippen LogP contribution is -2.23. The summed E-state index contributed by atoms with van der Waals surface area (Å²) >= 11 is 0. The Hall–Kier alpha value is -3.15. The van der Waals surface area contributed by atoms with Gasteiger partial charge in [-0.15, -0.1) is 0 Å². The maximum absolute atomic E-state index is 12.9. The van der Waals surface area contributed by atoms with Crippen LogP contribution in [0.1, 0.15) is 38.8 Å². The minimum atomic E-state index is -0.344. The maximum Gasteiger partial charge on any atom is 0.221 e. The first-order valence-corrected chi connectivity index (χ1v) is 7.24. The smallest absolute Gasteiger partial charge is 0.221 e. The fourth-order valence-electron chi connectivity index (χ4n) is 2.86. The van der Waals surface area contributed by atoms with Crippen molar-refractivity contribution in [2.45, 2.75) is 6.92 Å². The zero-order valence-corrected chi connectivity index (χ0v) is 13.4. The number of rotatable bonds is 3. The molecule has 0 saturated carbocycles. The van der Waals surface area contributed by atoms with Crippen molar-refractivity contribution in [3.05, 3.63) is 52.6 Å². The molecule has 1 amide bonds. The molecule has 1 aliphatic rings. The second kappa shape index (κ2) is 5.81. The summed E-state index contributed by atoms with van der Waals surface area (Å²) in [6, 6.07) is 7.88. The third-order valence-corrected chi connectivity index (χ3v) is 3.83. The van der Waals surface area contributed by atoms with Crippen LogP contribution in [0.15, 0.2) is 30.3 Å². The van der Waals surface area contributed by atoms with Gasteiger partial charge in [-0.25, -0.2) is 0 Å². The predicted molar refractivity (Wildman–Crippen MR) is 87.2 cm³/mol. The average molecular weight is 325 g/mol. The summed E-state index contributed by atoms with van der Waals surface area (Å²) in [6.45, 7) is 1.36. The van der Waals surface area contributed by atoms with Gasteiger partial charge in [0, 0.05) is 29.8 Å². The molecule has 0 saturated heterocycles. The maximum atomic E-state index is 12.9. The number of fused-ring (bicyclic) bond motifs is 2. The summed E-state index contributed by atoms with van der Waals surface area (Å²) in [5.41, 5.74) is 1.26. The summed E-state index contributed by atoms with van der Waals surface area (Å²) in [7, 11) is 2.85. The van der Waals surface area contributed by atoms with Gasteiger partial charge >= 0.3 is 0 Å². The average Bonchev–Trinajstić information content (AvgIpc) is 2.57. The number of ketones is 2. The molecule has 2 aromatic rings. The topological polar surface area (TPSA) is 81.7 Å². The highest BCUT2D eigenvalue weighted by molar-refractivity contribution is 6.30. The molecule has 6 heteroatoms. The molecule has 0 fully saturated rings. The lowest BCUT2D eigenvalue weighted by Gasteiger charge is -2.22. The predicted octanol–water partition coefficient (Wildman–Crippen LogP) is 2.44. The monoisotopic (exact) mass is 325 g/mol. The molecule has 0 unspecified atom stereocenters. The molecule has 3 rings (SSSR count). The van der Waals surface area contributed by atoms with E-state index in [-0.39, 0.29) is 45.5 Å². The number of hydrogen-bond donors (Lipinski definition) is 1. The molecule has 24 heavy (non-hydrogen) atoms. The Bertz CT molecular complexity index is 885. The third-order valence-electron chi connectivity index (χ3n) is 3.83. The van der Waals surface area contributed by atoms with Crippen LogP contribution in [-0.4, -0.2) is 31.7 Å². The van der Waals surface area contributed by atoms with E-state index in [4.69, 9.17) is 9.47 Å². The third kappa shape index (κ3) is 2.32. The molecule has 1 aliphatic carbocycles. The van der Waals surface area contributed by atoms with E-state index in [1.807, 2.05) is 0 Å². The SMILES string of the molecule is COc1cccc2c1C(=O)c1c(OC)cc(NC(C)=O)cc1C2=O. The standard InChI is InChI=1S/C18H15NO5/c1-9(20)19-10-7-12-16(14(8-10)24-3)18(22)15-11(17(12)21)5-4-6-13(15)23-2/h4-8H,1-3H3,(H,19,20). The lowest BCUT2D eigenvalue weighted by molar-refractivity contribution is -0.114. The number of hydrogen-bond acceptors (Lipinski definition) is 5. The Morgan fingerprint density at radius 3 is 2.21 bits per heavy atom. The molecule has 0 atom stereocenters. The minimum absolute atomic E-state index is 0.175. The van der Waals surface area contributed by atoms with Crippen LogP contribution in [0.25, 0.3) is 0 Å². The molecule has 1 N–H and O–H groups in total. The molecular weight excluding hydrogens is 310 g/mol. The summed E-state index contributed by atoms with van der Waals surface area (Å²) in [6.07, 6.45) is 0. The summed E-state index contributed by atoms with van der Waals surface area (Å²) < 4.78 is 10.5. The number of benzene rings is 2. The van der Waals surface area contributed by atoms with Crippen LogP contribution in [0.3, 0.4) is 0 Å². The van der Waals surface area contributed by atoms with Gasteiger partial charge in [-0.2, -0.15) is 0 Å². The van der Waals surface area contributed by atoms with Gasteiger partial charge in [0.25, 0.3) is 0 Å². The first kappa shape index (κ1) is 15.7. The number of carbonyl (C=O) groups excluding carboxylic acids is 3. The van der Waals surface area contributed by atoms with Gasteiger partial charge in [-0.1, -0.05) is 12.1 Å². The zero-order valence-electron chi connectivity index (χ0n) is 13.4. The van der Waals surface area contributed by atoms with Crippen molar-refractivity contribution < 1.29 is 23.9 Å². The van der Waals surface area contributed by atoms with E-state index in [9.17, 15) is 14.4 Å². The Labute approximate surface area is 138 Å². The first-order chi connectivity index (χ1) is 11.5. The Morgan fingerprint density at radius 1 is 0.917 bits per heavy atom. The van der Waals surface area contributed by atoms with E-state index in [0.29, 0.717) is 11.4 Å². The van der Waals surface area contributed by atoms with Gasteiger partial charge in [0.05, 0.1) is 25.3 Å². The van der Waals surface area contributed by atoms with Gasteiger partial charge in [0.1, 0.15) is 11.5 Å². The zero-order chi connectivity index (χ0) is 17.4. The normalized spacial score (nSPS) is 12.3. The molecule has 0 radical (unpaired) electrons. The van der Waals surface area contributed by atoms with Crippen LogP contribution in [0, 0.1) is 0 Å². The minimum Gasteiger partial charge on any atom is -0.496 e. The quantitative estimate of drug-likeness (QED) is 0.800. The van der Waals surface area contributed by atoms with Crippen LogP contribution in [0.2, 0.25) is 0 Å².